The van der Waals surface area contributed by atoms with Crippen molar-refractivity contribution in [2.24, 2.45) is 0 Å². The van der Waals surface area contributed by atoms with Crippen LogP contribution < -0.4 is 15.0 Å². The smallest absolute Gasteiger partial charge is 0.254 e. The molecule has 0 spiro atoms. The zero-order chi connectivity index (χ0) is 19.0. The molecule has 2 aromatic rings. The van der Waals surface area contributed by atoms with Gasteiger partial charge in [0.05, 0.1) is 32.6 Å². The van der Waals surface area contributed by atoms with Gasteiger partial charge in [0.15, 0.2) is 11.5 Å². The van der Waals surface area contributed by atoms with E-state index >= 15 is 0 Å². The van der Waals surface area contributed by atoms with Crippen molar-refractivity contribution in [3.8, 4) is 28.5 Å². The maximum atomic E-state index is 12.7. The van der Waals surface area contributed by atoms with Crippen molar-refractivity contribution in [2.45, 2.75) is 25.5 Å². The second-order valence-corrected chi connectivity index (χ2v) is 6.86. The molecular formula is C20H23NO6. The van der Waals surface area contributed by atoms with E-state index in [0.29, 0.717) is 44.3 Å². The lowest BCUT2D eigenvalue weighted by Gasteiger charge is -2.29. The Kier molecular flexibility index (Phi) is 4.80. The van der Waals surface area contributed by atoms with Gasteiger partial charge in [0, 0.05) is 29.3 Å². The summed E-state index contributed by atoms with van der Waals surface area (Å²) in [5, 5.41) is 10.1. The number of nitrogens with zero attached hydrogens (tertiary/aromatic N) is 1. The molecule has 7 nitrogen and oxygen atoms in total. The molecule has 2 atom stereocenters. The molecule has 1 N–H and O–H groups in total. The van der Waals surface area contributed by atoms with E-state index in [1.807, 2.05) is 19.1 Å². The molecule has 0 radical (unpaired) electrons. The Balaban J connectivity index is 1.71. The van der Waals surface area contributed by atoms with E-state index in [1.165, 1.54) is 13.2 Å². The minimum atomic E-state index is -0.138. The minimum Gasteiger partial charge on any atom is -0.504 e. The van der Waals surface area contributed by atoms with Gasteiger partial charge in [-0.3, -0.25) is 4.79 Å². The third-order valence-electron chi connectivity index (χ3n) is 5.02. The number of benzene rings is 1. The highest BCUT2D eigenvalue weighted by Crippen LogP contribution is 2.43. The monoisotopic (exact) mass is 373 g/mol. The maximum absolute atomic E-state index is 12.7. The van der Waals surface area contributed by atoms with Crippen LogP contribution in [0.2, 0.25) is 0 Å². The molecule has 1 fully saturated rings. The highest BCUT2D eigenvalue weighted by molar-refractivity contribution is 5.72. The first-order valence-electron chi connectivity index (χ1n) is 9.06. The van der Waals surface area contributed by atoms with Crippen molar-refractivity contribution in [2.75, 3.05) is 33.5 Å². The van der Waals surface area contributed by atoms with Gasteiger partial charge in [-0.15, -0.1) is 0 Å². The summed E-state index contributed by atoms with van der Waals surface area (Å²) in [5.74, 6) is 1.05. The summed E-state index contributed by atoms with van der Waals surface area (Å²) in [5.41, 5.74) is 2.40. The van der Waals surface area contributed by atoms with Crippen LogP contribution in [0.15, 0.2) is 29.1 Å². The summed E-state index contributed by atoms with van der Waals surface area (Å²) in [6.45, 7) is 3.94. The van der Waals surface area contributed by atoms with Crippen molar-refractivity contribution in [1.82, 2.24) is 4.57 Å². The van der Waals surface area contributed by atoms with Crippen LogP contribution in [-0.4, -0.2) is 49.3 Å². The number of phenols is 1. The third-order valence-corrected chi connectivity index (χ3v) is 5.02. The molecule has 3 heterocycles. The molecule has 1 unspecified atom stereocenters. The Hall–Kier alpha value is -2.51. The van der Waals surface area contributed by atoms with Crippen LogP contribution in [0.3, 0.4) is 0 Å². The number of phenolic OH excluding ortho intramolecular Hbond substituents is 1. The van der Waals surface area contributed by atoms with Crippen LogP contribution in [0.25, 0.3) is 11.3 Å². The molecule has 0 amide bonds. The van der Waals surface area contributed by atoms with Crippen molar-refractivity contribution < 1.29 is 24.1 Å². The second kappa shape index (κ2) is 7.25. The summed E-state index contributed by atoms with van der Waals surface area (Å²) >= 11 is 0. The predicted octanol–water partition coefficient (Wildman–Crippen LogP) is 2.14. The number of fused-ring (bicyclic) bond motifs is 3. The normalized spacial score (nSPS) is 21.3. The SMILES string of the molecule is COc1c(O)ccc2c1CC(C)n1c-2cc(OC[C@@H]2COCCO2)cc1=O. The Morgan fingerprint density at radius 1 is 1.30 bits per heavy atom. The molecule has 0 saturated carbocycles. The minimum absolute atomic E-state index is 0.0557. The first-order chi connectivity index (χ1) is 13.1. The first kappa shape index (κ1) is 17.9. The van der Waals surface area contributed by atoms with Crippen molar-refractivity contribution >= 4 is 0 Å². The van der Waals surface area contributed by atoms with E-state index < -0.39 is 0 Å². The fourth-order valence-corrected chi connectivity index (χ4v) is 3.80. The Labute approximate surface area is 157 Å². The predicted molar refractivity (Wildman–Crippen MR) is 98.8 cm³/mol. The number of pyridine rings is 1. The topological polar surface area (TPSA) is 79.2 Å². The molecule has 1 saturated heterocycles. The zero-order valence-corrected chi connectivity index (χ0v) is 15.4. The molecule has 1 aromatic carbocycles. The van der Waals surface area contributed by atoms with Gasteiger partial charge in [0.25, 0.3) is 5.56 Å². The number of aromatic hydroxyl groups is 1. The summed E-state index contributed by atoms with van der Waals surface area (Å²) in [4.78, 5) is 12.7. The van der Waals surface area contributed by atoms with E-state index in [9.17, 15) is 9.90 Å². The quantitative estimate of drug-likeness (QED) is 0.885. The lowest BCUT2D eigenvalue weighted by atomic mass is 9.92. The van der Waals surface area contributed by atoms with Gasteiger partial charge in [-0.2, -0.15) is 0 Å². The number of rotatable bonds is 4. The molecular weight excluding hydrogens is 350 g/mol. The molecule has 7 heteroatoms. The number of aromatic nitrogens is 1. The van der Waals surface area contributed by atoms with Gasteiger partial charge in [-0.1, -0.05) is 0 Å². The lowest BCUT2D eigenvalue weighted by Crippen LogP contribution is -2.34. The lowest BCUT2D eigenvalue weighted by molar-refractivity contribution is -0.101. The van der Waals surface area contributed by atoms with E-state index in [1.54, 1.807) is 10.6 Å². The van der Waals surface area contributed by atoms with Crippen LogP contribution in [0.5, 0.6) is 17.2 Å². The molecule has 144 valence electrons. The maximum Gasteiger partial charge on any atom is 0.254 e. The molecule has 4 rings (SSSR count). The fraction of sp³-hybridized carbons (Fsp3) is 0.450. The largest absolute Gasteiger partial charge is 0.504 e. The van der Waals surface area contributed by atoms with E-state index in [2.05, 4.69) is 0 Å². The average Bonchev–Trinajstić information content (AvgIpc) is 2.67. The van der Waals surface area contributed by atoms with Gasteiger partial charge in [-0.25, -0.2) is 0 Å². The Morgan fingerprint density at radius 3 is 2.89 bits per heavy atom. The standard InChI is InChI=1S/C20H23NO6/c1-12-7-16-15(3-4-18(22)20(16)24-2)17-8-13(9-19(23)21(12)17)27-11-14-10-25-5-6-26-14/h3-4,8-9,12,14,22H,5-7,10-11H2,1-2H3/t12?,14-/m0/s1. The summed E-state index contributed by atoms with van der Waals surface area (Å²) in [6, 6.07) is 6.71. The van der Waals surface area contributed by atoms with E-state index in [4.69, 9.17) is 18.9 Å². The Morgan fingerprint density at radius 2 is 2.15 bits per heavy atom. The summed E-state index contributed by atoms with van der Waals surface area (Å²) in [7, 11) is 1.54. The molecule has 0 aliphatic carbocycles. The van der Waals surface area contributed by atoms with E-state index in [-0.39, 0.29) is 23.5 Å². The van der Waals surface area contributed by atoms with Crippen molar-refractivity contribution in [3.05, 3.63) is 40.2 Å². The zero-order valence-electron chi connectivity index (χ0n) is 15.4. The van der Waals surface area contributed by atoms with Gasteiger partial charge in [-0.05, 0) is 25.5 Å². The van der Waals surface area contributed by atoms with Crippen LogP contribution in [0.1, 0.15) is 18.5 Å². The molecule has 27 heavy (non-hydrogen) atoms. The Bertz CT molecular complexity index is 900. The first-order valence-corrected chi connectivity index (χ1v) is 9.06. The molecule has 2 aliphatic rings. The van der Waals surface area contributed by atoms with Crippen LogP contribution >= 0.6 is 0 Å². The van der Waals surface area contributed by atoms with E-state index in [0.717, 1.165) is 16.8 Å². The average molecular weight is 373 g/mol. The van der Waals surface area contributed by atoms with Gasteiger partial charge >= 0.3 is 0 Å². The molecule has 1 aromatic heterocycles. The third kappa shape index (κ3) is 3.28. The molecule has 0 bridgehead atoms. The van der Waals surface area contributed by atoms with Crippen LogP contribution in [0.4, 0.5) is 0 Å². The van der Waals surface area contributed by atoms with Crippen LogP contribution in [-0.2, 0) is 15.9 Å². The fourth-order valence-electron chi connectivity index (χ4n) is 3.80. The van der Waals surface area contributed by atoms with Crippen LogP contribution in [0, 0.1) is 0 Å². The summed E-state index contributed by atoms with van der Waals surface area (Å²) < 4.78 is 23.9. The number of hydrogen-bond donors (Lipinski definition) is 1. The van der Waals surface area contributed by atoms with Gasteiger partial charge in [0.2, 0.25) is 0 Å². The summed E-state index contributed by atoms with van der Waals surface area (Å²) in [6.07, 6.45) is 0.466. The van der Waals surface area contributed by atoms with Gasteiger partial charge < -0.3 is 28.6 Å². The second-order valence-electron chi connectivity index (χ2n) is 6.86. The van der Waals surface area contributed by atoms with Crippen molar-refractivity contribution in [1.29, 1.82) is 0 Å². The highest BCUT2D eigenvalue weighted by atomic mass is 16.6. The van der Waals surface area contributed by atoms with Crippen molar-refractivity contribution in [3.63, 3.8) is 0 Å². The number of methoxy groups -OCH3 is 1. The molecule has 2 aliphatic heterocycles. The number of ether oxygens (including phenoxy) is 4. The number of hydrogen-bond acceptors (Lipinski definition) is 6. The highest BCUT2D eigenvalue weighted by Gasteiger charge is 2.27. The van der Waals surface area contributed by atoms with Gasteiger partial charge in [0.1, 0.15) is 18.5 Å².